The van der Waals surface area contributed by atoms with Crippen molar-refractivity contribution in [2.75, 3.05) is 13.1 Å². The first kappa shape index (κ1) is 16.1. The quantitative estimate of drug-likeness (QED) is 0.473. The molecule has 0 atom stereocenters. The number of carbonyl (C=O) groups is 4. The second-order valence-electron chi connectivity index (χ2n) is 5.44. The first-order valence-corrected chi connectivity index (χ1v) is 7.66. The summed E-state index contributed by atoms with van der Waals surface area (Å²) in [5.74, 6) is -0.894. The van der Waals surface area contributed by atoms with Crippen LogP contribution in [0.25, 0.3) is 0 Å². The van der Waals surface area contributed by atoms with E-state index in [1.54, 1.807) is 0 Å². The summed E-state index contributed by atoms with van der Waals surface area (Å²) < 4.78 is 0. The Morgan fingerprint density at radius 3 is 1.09 bits per heavy atom. The van der Waals surface area contributed by atoms with E-state index in [1.165, 1.54) is 34.1 Å². The van der Waals surface area contributed by atoms with Crippen LogP contribution in [-0.4, -0.2) is 46.5 Å². The van der Waals surface area contributed by atoms with Crippen molar-refractivity contribution in [2.24, 2.45) is 0 Å². The van der Waals surface area contributed by atoms with Crippen molar-refractivity contribution in [3.63, 3.8) is 0 Å². The number of amides is 4. The van der Waals surface area contributed by atoms with Crippen LogP contribution in [0.2, 0.25) is 0 Å². The van der Waals surface area contributed by atoms with Crippen molar-refractivity contribution in [2.45, 2.75) is 38.5 Å². The monoisotopic (exact) mass is 304 g/mol. The zero-order chi connectivity index (χ0) is 15.9. The lowest BCUT2D eigenvalue weighted by molar-refractivity contribution is -0.138. The van der Waals surface area contributed by atoms with Crippen LogP contribution in [0.3, 0.4) is 0 Å². The van der Waals surface area contributed by atoms with E-state index in [9.17, 15) is 19.2 Å². The molecule has 0 fully saturated rings. The molecule has 0 saturated heterocycles. The van der Waals surface area contributed by atoms with Crippen molar-refractivity contribution < 1.29 is 19.2 Å². The lowest BCUT2D eigenvalue weighted by atomic mass is 10.1. The molecule has 22 heavy (non-hydrogen) atoms. The fraction of sp³-hybridized carbons (Fsp3) is 0.500. The number of rotatable bonds is 9. The molecule has 0 aromatic carbocycles. The summed E-state index contributed by atoms with van der Waals surface area (Å²) in [5, 5.41) is 0. The zero-order valence-electron chi connectivity index (χ0n) is 12.5. The maximum atomic E-state index is 11.3. The van der Waals surface area contributed by atoms with Gasteiger partial charge in [-0.15, -0.1) is 0 Å². The van der Waals surface area contributed by atoms with Crippen LogP contribution in [0, 0.1) is 0 Å². The summed E-state index contributed by atoms with van der Waals surface area (Å²) in [6, 6.07) is 0. The van der Waals surface area contributed by atoms with Gasteiger partial charge in [-0.1, -0.05) is 25.7 Å². The van der Waals surface area contributed by atoms with Gasteiger partial charge in [0.15, 0.2) is 0 Å². The van der Waals surface area contributed by atoms with Crippen molar-refractivity contribution in [1.29, 1.82) is 0 Å². The number of unbranched alkanes of at least 4 members (excludes halogenated alkanes) is 5. The van der Waals surface area contributed by atoms with Gasteiger partial charge in [-0.3, -0.25) is 29.0 Å². The minimum atomic E-state index is -0.224. The van der Waals surface area contributed by atoms with Crippen LogP contribution in [0.15, 0.2) is 24.3 Å². The van der Waals surface area contributed by atoms with Crippen LogP contribution in [0.4, 0.5) is 0 Å². The lowest BCUT2D eigenvalue weighted by Crippen LogP contribution is -2.31. The van der Waals surface area contributed by atoms with E-state index in [0.29, 0.717) is 13.1 Å². The Bertz CT molecular complexity index is 452. The van der Waals surface area contributed by atoms with Gasteiger partial charge in [0.25, 0.3) is 23.6 Å². The van der Waals surface area contributed by atoms with Gasteiger partial charge < -0.3 is 0 Å². The number of hydrogen-bond acceptors (Lipinski definition) is 4. The summed E-state index contributed by atoms with van der Waals surface area (Å²) in [6.45, 7) is 0.959. The molecule has 2 rings (SSSR count). The molecule has 0 radical (unpaired) electrons. The lowest BCUT2D eigenvalue weighted by Gasteiger charge is -2.14. The molecule has 0 aliphatic carbocycles. The van der Waals surface area contributed by atoms with E-state index in [1.807, 2.05) is 0 Å². The molecule has 0 aromatic rings. The van der Waals surface area contributed by atoms with Crippen molar-refractivity contribution in [3.8, 4) is 0 Å². The molecule has 2 aliphatic heterocycles. The van der Waals surface area contributed by atoms with Gasteiger partial charge in [0.2, 0.25) is 0 Å². The van der Waals surface area contributed by atoms with Gasteiger partial charge in [0, 0.05) is 37.4 Å². The predicted molar refractivity (Wildman–Crippen MR) is 79.4 cm³/mol. The van der Waals surface area contributed by atoms with Crippen LogP contribution >= 0.6 is 0 Å². The van der Waals surface area contributed by atoms with Crippen LogP contribution in [0.1, 0.15) is 38.5 Å². The molecular formula is C16H20N2O4. The third-order valence-corrected chi connectivity index (χ3v) is 3.81. The van der Waals surface area contributed by atoms with Gasteiger partial charge in [-0.05, 0) is 12.8 Å². The SMILES string of the molecule is O=C1C=CC(=O)N1CCCCCCCCN1C(=O)C=CC1=O. The molecule has 0 N–H and O–H groups in total. The third-order valence-electron chi connectivity index (χ3n) is 3.81. The topological polar surface area (TPSA) is 74.8 Å². The van der Waals surface area contributed by atoms with Crippen LogP contribution < -0.4 is 0 Å². The first-order chi connectivity index (χ1) is 10.6. The van der Waals surface area contributed by atoms with Crippen LogP contribution in [-0.2, 0) is 19.2 Å². The molecular weight excluding hydrogens is 284 g/mol. The van der Waals surface area contributed by atoms with E-state index >= 15 is 0 Å². The highest BCUT2D eigenvalue weighted by Crippen LogP contribution is 2.11. The Morgan fingerprint density at radius 1 is 0.500 bits per heavy atom. The molecule has 0 bridgehead atoms. The van der Waals surface area contributed by atoms with Gasteiger partial charge in [-0.25, -0.2) is 0 Å². The standard InChI is InChI=1S/C16H20N2O4/c19-13-7-8-14(20)17(13)11-5-3-1-2-4-6-12-18-15(21)9-10-16(18)22/h7-10H,1-6,11-12H2. The Balaban J connectivity index is 1.47. The van der Waals surface area contributed by atoms with Gasteiger partial charge in [0.05, 0.1) is 0 Å². The van der Waals surface area contributed by atoms with E-state index in [2.05, 4.69) is 0 Å². The maximum absolute atomic E-state index is 11.3. The van der Waals surface area contributed by atoms with Crippen molar-refractivity contribution >= 4 is 23.6 Å². The molecule has 6 nitrogen and oxygen atoms in total. The fourth-order valence-corrected chi connectivity index (χ4v) is 2.55. The normalized spacial score (nSPS) is 17.5. The molecule has 2 heterocycles. The van der Waals surface area contributed by atoms with Crippen molar-refractivity contribution in [1.82, 2.24) is 9.80 Å². The molecule has 2 aliphatic rings. The number of imide groups is 2. The highest BCUT2D eigenvalue weighted by molar-refractivity contribution is 6.13. The smallest absolute Gasteiger partial charge is 0.253 e. The highest BCUT2D eigenvalue weighted by atomic mass is 16.2. The molecule has 0 unspecified atom stereocenters. The number of carbonyl (C=O) groups excluding carboxylic acids is 4. The minimum absolute atomic E-state index is 0.224. The number of hydrogen-bond donors (Lipinski definition) is 0. The van der Waals surface area contributed by atoms with E-state index < -0.39 is 0 Å². The maximum Gasteiger partial charge on any atom is 0.253 e. The molecule has 0 saturated carbocycles. The molecule has 0 spiro atoms. The average Bonchev–Trinajstić information content (AvgIpc) is 2.98. The first-order valence-electron chi connectivity index (χ1n) is 7.66. The summed E-state index contributed by atoms with van der Waals surface area (Å²) in [4.78, 5) is 47.8. The fourth-order valence-electron chi connectivity index (χ4n) is 2.55. The summed E-state index contributed by atoms with van der Waals surface area (Å²) in [6.07, 6.45) is 10.8. The Labute approximate surface area is 129 Å². The van der Waals surface area contributed by atoms with Crippen molar-refractivity contribution in [3.05, 3.63) is 24.3 Å². The average molecular weight is 304 g/mol. The summed E-state index contributed by atoms with van der Waals surface area (Å²) >= 11 is 0. The Kier molecular flexibility index (Phi) is 5.63. The van der Waals surface area contributed by atoms with Gasteiger partial charge in [0.1, 0.15) is 0 Å². The Morgan fingerprint density at radius 2 is 0.773 bits per heavy atom. The van der Waals surface area contributed by atoms with E-state index in [0.717, 1.165) is 38.5 Å². The summed E-state index contributed by atoms with van der Waals surface area (Å²) in [5.41, 5.74) is 0. The second kappa shape index (κ2) is 7.68. The van der Waals surface area contributed by atoms with Crippen LogP contribution in [0.5, 0.6) is 0 Å². The molecule has 6 heteroatoms. The van der Waals surface area contributed by atoms with Gasteiger partial charge >= 0.3 is 0 Å². The molecule has 4 amide bonds. The summed E-state index contributed by atoms with van der Waals surface area (Å²) in [7, 11) is 0. The molecule has 0 aromatic heterocycles. The minimum Gasteiger partial charge on any atom is -0.275 e. The zero-order valence-corrected chi connectivity index (χ0v) is 12.5. The van der Waals surface area contributed by atoms with Gasteiger partial charge in [-0.2, -0.15) is 0 Å². The van der Waals surface area contributed by atoms with E-state index in [-0.39, 0.29) is 23.6 Å². The van der Waals surface area contributed by atoms with E-state index in [4.69, 9.17) is 0 Å². The highest BCUT2D eigenvalue weighted by Gasteiger charge is 2.23. The largest absolute Gasteiger partial charge is 0.275 e. The third kappa shape index (κ3) is 4.13. The Hall–Kier alpha value is -2.24. The predicted octanol–water partition coefficient (Wildman–Crippen LogP) is 1.18. The second-order valence-corrected chi connectivity index (χ2v) is 5.44. The number of nitrogens with zero attached hydrogens (tertiary/aromatic N) is 2. The molecule has 118 valence electrons.